The van der Waals surface area contributed by atoms with Crippen LogP contribution in [0.2, 0.25) is 10.0 Å². The van der Waals surface area contributed by atoms with Gasteiger partial charge in [-0.1, -0.05) is 67.8 Å². The number of nitrogens with zero attached hydrogens (tertiary/aromatic N) is 2. The summed E-state index contributed by atoms with van der Waals surface area (Å²) in [5.74, 6) is -2.15. The van der Waals surface area contributed by atoms with Crippen LogP contribution in [0.3, 0.4) is 0 Å². The van der Waals surface area contributed by atoms with E-state index < -0.39 is 23.3 Å². The molecule has 2 saturated carbocycles. The second-order valence-electron chi connectivity index (χ2n) is 10.9. The van der Waals surface area contributed by atoms with Crippen LogP contribution in [0.5, 0.6) is 0 Å². The number of halogens is 4. The molecule has 5 nitrogen and oxygen atoms in total. The minimum Gasteiger partial charge on any atom is -0.377 e. The smallest absolute Gasteiger partial charge is 0.243 e. The Balaban J connectivity index is 1.69. The second kappa shape index (κ2) is 11.1. The monoisotopic (exact) mass is 563 g/mol. The Bertz CT molecular complexity index is 1330. The molecular formula is C29H33Cl2F2N3O2. The number of fused-ring (bicyclic) bond motifs is 1. The number of aliphatic hydroxyl groups is 1. The number of rotatable bonds is 6. The Labute approximate surface area is 231 Å². The van der Waals surface area contributed by atoms with Crippen LogP contribution in [0.25, 0.3) is 11.0 Å². The zero-order valence-electron chi connectivity index (χ0n) is 21.5. The van der Waals surface area contributed by atoms with Gasteiger partial charge in [0.05, 0.1) is 21.1 Å². The van der Waals surface area contributed by atoms with Crippen molar-refractivity contribution in [2.45, 2.75) is 88.8 Å². The summed E-state index contributed by atoms with van der Waals surface area (Å²) in [6, 6.07) is 6.20. The highest BCUT2D eigenvalue weighted by molar-refractivity contribution is 6.42. The molecule has 204 valence electrons. The van der Waals surface area contributed by atoms with Crippen LogP contribution in [0.1, 0.15) is 88.6 Å². The molecule has 5 rings (SSSR count). The fraction of sp³-hybridized carbons (Fsp3) is 0.517. The third-order valence-corrected chi connectivity index (χ3v) is 8.98. The second-order valence-corrected chi connectivity index (χ2v) is 11.8. The van der Waals surface area contributed by atoms with Gasteiger partial charge in [-0.25, -0.2) is 13.8 Å². The maximum absolute atomic E-state index is 14.6. The molecule has 3 aromatic rings. The minimum absolute atomic E-state index is 0.0405. The van der Waals surface area contributed by atoms with Gasteiger partial charge >= 0.3 is 0 Å². The quantitative estimate of drug-likeness (QED) is 0.327. The summed E-state index contributed by atoms with van der Waals surface area (Å²) < 4.78 is 30.6. The molecule has 0 spiro atoms. The van der Waals surface area contributed by atoms with Crippen LogP contribution >= 0.6 is 23.2 Å². The fourth-order valence-electron chi connectivity index (χ4n) is 6.17. The van der Waals surface area contributed by atoms with E-state index in [-0.39, 0.29) is 39.7 Å². The minimum atomic E-state index is -1.74. The van der Waals surface area contributed by atoms with Gasteiger partial charge in [0, 0.05) is 18.2 Å². The molecule has 2 atom stereocenters. The van der Waals surface area contributed by atoms with E-state index in [1.54, 1.807) is 29.7 Å². The number of imidazole rings is 1. The molecule has 2 N–H and O–H groups in total. The van der Waals surface area contributed by atoms with Crippen molar-refractivity contribution in [2.75, 3.05) is 0 Å². The molecule has 9 heteroatoms. The molecule has 1 heterocycles. The first-order chi connectivity index (χ1) is 18.2. The highest BCUT2D eigenvalue weighted by atomic mass is 35.5. The maximum atomic E-state index is 14.6. The highest BCUT2D eigenvalue weighted by Crippen LogP contribution is 2.41. The predicted molar refractivity (Wildman–Crippen MR) is 145 cm³/mol. The summed E-state index contributed by atoms with van der Waals surface area (Å²) in [6.07, 6.45) is 9.81. The molecule has 2 unspecified atom stereocenters. The summed E-state index contributed by atoms with van der Waals surface area (Å²) in [5, 5.41) is 15.8. The third kappa shape index (κ3) is 5.30. The predicted octanol–water partition coefficient (Wildman–Crippen LogP) is 7.45. The Morgan fingerprint density at radius 3 is 2.29 bits per heavy atom. The van der Waals surface area contributed by atoms with E-state index in [1.165, 1.54) is 0 Å². The molecule has 2 aliphatic carbocycles. The molecule has 2 fully saturated rings. The number of carbonyl (C=O) groups is 1. The molecule has 0 aliphatic heterocycles. The van der Waals surface area contributed by atoms with Crippen molar-refractivity contribution in [1.29, 1.82) is 0 Å². The van der Waals surface area contributed by atoms with E-state index in [2.05, 4.69) is 10.3 Å². The van der Waals surface area contributed by atoms with Gasteiger partial charge in [-0.15, -0.1) is 0 Å². The number of hydrogen-bond acceptors (Lipinski definition) is 3. The van der Waals surface area contributed by atoms with Crippen LogP contribution in [-0.4, -0.2) is 26.6 Å². The Morgan fingerprint density at radius 2 is 1.63 bits per heavy atom. The van der Waals surface area contributed by atoms with Gasteiger partial charge in [0.2, 0.25) is 5.91 Å². The van der Waals surface area contributed by atoms with Crippen LogP contribution in [0, 0.1) is 17.6 Å². The van der Waals surface area contributed by atoms with Gasteiger partial charge in [0.25, 0.3) is 0 Å². The average Bonchev–Trinajstić information content (AvgIpc) is 3.25. The zero-order chi connectivity index (χ0) is 27.0. The van der Waals surface area contributed by atoms with Crippen molar-refractivity contribution in [3.63, 3.8) is 0 Å². The van der Waals surface area contributed by atoms with E-state index in [1.807, 2.05) is 0 Å². The fourth-order valence-corrected chi connectivity index (χ4v) is 6.47. The molecule has 0 radical (unpaired) electrons. The lowest BCUT2D eigenvalue weighted by Gasteiger charge is -2.35. The molecule has 1 amide bonds. The van der Waals surface area contributed by atoms with Crippen molar-refractivity contribution in [3.05, 3.63) is 63.4 Å². The van der Waals surface area contributed by atoms with Gasteiger partial charge in [-0.2, -0.15) is 0 Å². The van der Waals surface area contributed by atoms with Gasteiger partial charge in [-0.3, -0.25) is 4.79 Å². The first kappa shape index (κ1) is 27.4. The van der Waals surface area contributed by atoms with Crippen LogP contribution in [-0.2, 0) is 10.4 Å². The van der Waals surface area contributed by atoms with Crippen molar-refractivity contribution in [2.24, 2.45) is 5.92 Å². The van der Waals surface area contributed by atoms with E-state index in [4.69, 9.17) is 23.2 Å². The lowest BCUT2D eigenvalue weighted by molar-refractivity contribution is -0.127. The molecule has 0 saturated heterocycles. The third-order valence-electron chi connectivity index (χ3n) is 8.24. The van der Waals surface area contributed by atoms with Crippen LogP contribution in [0.4, 0.5) is 8.78 Å². The summed E-state index contributed by atoms with van der Waals surface area (Å²) in [6.45, 7) is 1.55. The van der Waals surface area contributed by atoms with Gasteiger partial charge in [0.15, 0.2) is 11.6 Å². The van der Waals surface area contributed by atoms with Gasteiger partial charge < -0.3 is 15.0 Å². The largest absolute Gasteiger partial charge is 0.377 e. The molecular weight excluding hydrogens is 531 g/mol. The first-order valence-electron chi connectivity index (χ1n) is 13.5. The number of benzene rings is 2. The van der Waals surface area contributed by atoms with Crippen LogP contribution in [0.15, 0.2) is 30.3 Å². The van der Waals surface area contributed by atoms with E-state index in [0.717, 1.165) is 76.3 Å². The topological polar surface area (TPSA) is 67.2 Å². The van der Waals surface area contributed by atoms with Gasteiger partial charge in [0.1, 0.15) is 17.5 Å². The van der Waals surface area contributed by atoms with Crippen molar-refractivity contribution >= 4 is 40.1 Å². The Kier molecular flexibility index (Phi) is 7.99. The first-order valence-corrected chi connectivity index (χ1v) is 14.3. The molecule has 2 aliphatic rings. The average molecular weight is 565 g/mol. The number of hydrogen-bond donors (Lipinski definition) is 2. The number of amides is 1. The molecule has 38 heavy (non-hydrogen) atoms. The van der Waals surface area contributed by atoms with Gasteiger partial charge in [-0.05, 0) is 56.2 Å². The molecule has 0 bridgehead atoms. The number of aromatic nitrogens is 2. The van der Waals surface area contributed by atoms with E-state index in [9.17, 15) is 18.7 Å². The molecule has 1 aromatic heterocycles. The van der Waals surface area contributed by atoms with Crippen molar-refractivity contribution in [3.8, 4) is 0 Å². The Hall–Kier alpha value is -2.22. The number of carbonyl (C=O) groups excluding carboxylic acids is 1. The molecule has 2 aromatic carbocycles. The summed E-state index contributed by atoms with van der Waals surface area (Å²) >= 11 is 12.4. The lowest BCUT2D eigenvalue weighted by atomic mass is 9.82. The van der Waals surface area contributed by atoms with E-state index in [0.29, 0.717) is 10.6 Å². The summed E-state index contributed by atoms with van der Waals surface area (Å²) in [5.41, 5.74) is -0.892. The zero-order valence-corrected chi connectivity index (χ0v) is 23.0. The maximum Gasteiger partial charge on any atom is 0.243 e. The normalized spacial score (nSPS) is 19.8. The standard InChI is InChI=1S/C29H33Cl2F2N3O2/c1-29(38,18-12-13-20(30)21(31)14-18)28-35-24-15-22(32)23(33)16-25(24)36(28)26(17-8-4-2-5-9-17)27(37)34-19-10-6-3-7-11-19/h12-17,19,26,38H,2-11H2,1H3,(H,34,37). The summed E-state index contributed by atoms with van der Waals surface area (Å²) in [7, 11) is 0. The summed E-state index contributed by atoms with van der Waals surface area (Å²) in [4.78, 5) is 18.7. The van der Waals surface area contributed by atoms with Crippen molar-refractivity contribution in [1.82, 2.24) is 14.9 Å². The Morgan fingerprint density at radius 1 is 1.00 bits per heavy atom. The van der Waals surface area contributed by atoms with E-state index >= 15 is 0 Å². The number of nitrogens with one attached hydrogen (secondary N) is 1. The lowest BCUT2D eigenvalue weighted by Crippen LogP contribution is -2.44. The highest BCUT2D eigenvalue weighted by Gasteiger charge is 2.40. The SMILES string of the molecule is CC(O)(c1ccc(Cl)c(Cl)c1)c1nc2cc(F)c(F)cc2n1C(C(=O)NC1CCCCC1)C1CCCCC1. The van der Waals surface area contributed by atoms with Crippen molar-refractivity contribution < 1.29 is 18.7 Å². The van der Waals surface area contributed by atoms with Crippen LogP contribution < -0.4 is 5.32 Å².